The van der Waals surface area contributed by atoms with Gasteiger partial charge in [-0.1, -0.05) is 35.5 Å². The average Bonchev–Trinajstić information content (AvgIpc) is 3.15. The molecule has 0 aliphatic rings. The lowest BCUT2D eigenvalue weighted by Crippen LogP contribution is -2.24. The summed E-state index contributed by atoms with van der Waals surface area (Å²) in [5.41, 5.74) is 1.05. The molecule has 0 aliphatic heterocycles. The lowest BCUT2D eigenvalue weighted by Gasteiger charge is -2.03. The van der Waals surface area contributed by atoms with Gasteiger partial charge in [0.1, 0.15) is 4.88 Å². The Morgan fingerprint density at radius 3 is 2.86 bits per heavy atom. The van der Waals surface area contributed by atoms with Crippen molar-refractivity contribution in [1.29, 1.82) is 0 Å². The molecular formula is C15H14N4O2S. The smallest absolute Gasteiger partial charge is 0.269 e. The number of aryl methyl sites for hydroxylation is 1. The Morgan fingerprint density at radius 1 is 1.32 bits per heavy atom. The average molecular weight is 314 g/mol. The summed E-state index contributed by atoms with van der Waals surface area (Å²) in [5, 5.41) is 7.59. The van der Waals surface area contributed by atoms with E-state index >= 15 is 0 Å². The quantitative estimate of drug-likeness (QED) is 0.782. The summed E-state index contributed by atoms with van der Waals surface area (Å²) in [6.07, 6.45) is 1.78. The fourth-order valence-electron chi connectivity index (χ4n) is 1.89. The molecule has 22 heavy (non-hydrogen) atoms. The molecule has 0 bridgehead atoms. The lowest BCUT2D eigenvalue weighted by atomic mass is 10.2. The van der Waals surface area contributed by atoms with Gasteiger partial charge in [0.05, 0.1) is 17.6 Å². The predicted octanol–water partition coefficient (Wildman–Crippen LogP) is 2.36. The first kappa shape index (κ1) is 14.4. The summed E-state index contributed by atoms with van der Waals surface area (Å²) in [5.74, 6) is 0.625. The highest BCUT2D eigenvalue weighted by atomic mass is 32.1. The van der Waals surface area contributed by atoms with Crippen LogP contribution in [0.2, 0.25) is 0 Å². The Balaban J connectivity index is 1.57. The number of carbonyl (C=O) groups is 1. The van der Waals surface area contributed by atoms with Crippen molar-refractivity contribution in [2.24, 2.45) is 0 Å². The van der Waals surface area contributed by atoms with Crippen molar-refractivity contribution in [2.45, 2.75) is 19.9 Å². The topological polar surface area (TPSA) is 80.9 Å². The molecule has 0 radical (unpaired) electrons. The molecule has 1 amide bonds. The van der Waals surface area contributed by atoms with Crippen LogP contribution in [0.4, 0.5) is 0 Å². The number of hydrogen-bond acceptors (Lipinski definition) is 6. The van der Waals surface area contributed by atoms with Crippen molar-refractivity contribution in [3.8, 4) is 10.8 Å². The summed E-state index contributed by atoms with van der Waals surface area (Å²) in [4.78, 5) is 21.1. The number of hydrogen-bond donors (Lipinski definition) is 1. The van der Waals surface area contributed by atoms with Crippen LogP contribution in [0.1, 0.15) is 16.4 Å². The van der Waals surface area contributed by atoms with Crippen LogP contribution in [0.15, 0.2) is 41.1 Å². The third-order valence-electron chi connectivity index (χ3n) is 2.95. The van der Waals surface area contributed by atoms with E-state index in [1.165, 1.54) is 11.3 Å². The maximum absolute atomic E-state index is 11.9. The second-order valence-corrected chi connectivity index (χ2v) is 5.93. The molecule has 0 aliphatic carbocycles. The fraction of sp³-hybridized carbons (Fsp3) is 0.200. The standard InChI is InChI=1S/C15H14N4O2S/c1-10-16-9-12(22-10)15-18-13(19-21-15)7-14(20)17-8-11-5-3-2-4-6-11/h2-6,9H,7-8H2,1H3,(H,17,20). The Hall–Kier alpha value is -2.54. The first-order valence-electron chi connectivity index (χ1n) is 6.77. The number of nitrogens with zero attached hydrogens (tertiary/aromatic N) is 3. The van der Waals surface area contributed by atoms with Gasteiger partial charge in [0, 0.05) is 6.54 Å². The maximum atomic E-state index is 11.9. The lowest BCUT2D eigenvalue weighted by molar-refractivity contribution is -0.120. The van der Waals surface area contributed by atoms with Gasteiger partial charge in [-0.2, -0.15) is 4.98 Å². The van der Waals surface area contributed by atoms with E-state index in [0.29, 0.717) is 18.3 Å². The number of carbonyl (C=O) groups excluding carboxylic acids is 1. The molecule has 112 valence electrons. The molecule has 0 saturated heterocycles. The minimum absolute atomic E-state index is 0.0914. The Bertz CT molecular complexity index is 767. The van der Waals surface area contributed by atoms with Crippen LogP contribution in [0.5, 0.6) is 0 Å². The van der Waals surface area contributed by atoms with Crippen LogP contribution >= 0.6 is 11.3 Å². The number of benzene rings is 1. The predicted molar refractivity (Wildman–Crippen MR) is 82.1 cm³/mol. The van der Waals surface area contributed by atoms with E-state index in [4.69, 9.17) is 4.52 Å². The molecule has 0 unspecified atom stereocenters. The maximum Gasteiger partial charge on any atom is 0.269 e. The van der Waals surface area contributed by atoms with Crippen molar-refractivity contribution in [3.05, 3.63) is 52.9 Å². The van der Waals surface area contributed by atoms with Gasteiger partial charge >= 0.3 is 0 Å². The van der Waals surface area contributed by atoms with Crippen molar-refractivity contribution < 1.29 is 9.32 Å². The van der Waals surface area contributed by atoms with Gasteiger partial charge in [-0.05, 0) is 12.5 Å². The summed E-state index contributed by atoms with van der Waals surface area (Å²) in [7, 11) is 0. The minimum atomic E-state index is -0.142. The molecule has 1 aromatic carbocycles. The van der Waals surface area contributed by atoms with E-state index in [9.17, 15) is 4.79 Å². The highest BCUT2D eigenvalue weighted by molar-refractivity contribution is 7.14. The van der Waals surface area contributed by atoms with E-state index in [0.717, 1.165) is 15.4 Å². The normalized spacial score (nSPS) is 10.6. The van der Waals surface area contributed by atoms with Gasteiger partial charge in [-0.3, -0.25) is 4.79 Å². The van der Waals surface area contributed by atoms with Gasteiger partial charge in [-0.15, -0.1) is 11.3 Å². The molecule has 0 atom stereocenters. The third-order valence-corrected chi connectivity index (χ3v) is 3.85. The van der Waals surface area contributed by atoms with E-state index in [1.54, 1.807) is 6.20 Å². The zero-order valence-electron chi connectivity index (χ0n) is 11.9. The molecule has 3 aromatic rings. The van der Waals surface area contributed by atoms with Gasteiger partial charge in [0.15, 0.2) is 5.82 Å². The molecule has 2 heterocycles. The number of rotatable bonds is 5. The first-order valence-corrected chi connectivity index (χ1v) is 7.58. The molecule has 3 rings (SSSR count). The Labute approximate surface area is 131 Å². The second kappa shape index (κ2) is 6.48. The Kier molecular flexibility index (Phi) is 4.24. The number of nitrogens with one attached hydrogen (secondary N) is 1. The van der Waals surface area contributed by atoms with Crippen molar-refractivity contribution in [3.63, 3.8) is 0 Å². The summed E-state index contributed by atoms with van der Waals surface area (Å²) in [6.45, 7) is 2.39. The van der Waals surface area contributed by atoms with Crippen LogP contribution in [-0.4, -0.2) is 21.0 Å². The van der Waals surface area contributed by atoms with E-state index < -0.39 is 0 Å². The first-order chi connectivity index (χ1) is 10.7. The molecule has 6 nitrogen and oxygen atoms in total. The molecule has 1 N–H and O–H groups in total. The molecular weight excluding hydrogens is 300 g/mol. The van der Waals surface area contributed by atoms with E-state index in [1.807, 2.05) is 37.3 Å². The molecule has 2 aromatic heterocycles. The molecule has 0 spiro atoms. The second-order valence-electron chi connectivity index (χ2n) is 4.70. The molecule has 0 saturated carbocycles. The zero-order chi connectivity index (χ0) is 15.4. The van der Waals surface area contributed by atoms with Gasteiger partial charge in [0.25, 0.3) is 5.89 Å². The van der Waals surface area contributed by atoms with Crippen LogP contribution < -0.4 is 5.32 Å². The van der Waals surface area contributed by atoms with Gasteiger partial charge in [-0.25, -0.2) is 4.98 Å². The van der Waals surface area contributed by atoms with Gasteiger partial charge in [0.2, 0.25) is 5.91 Å². The van der Waals surface area contributed by atoms with E-state index in [-0.39, 0.29) is 12.3 Å². The minimum Gasteiger partial charge on any atom is -0.352 e. The highest BCUT2D eigenvalue weighted by Crippen LogP contribution is 2.23. The zero-order valence-corrected chi connectivity index (χ0v) is 12.8. The number of amides is 1. The van der Waals surface area contributed by atoms with Crippen molar-refractivity contribution >= 4 is 17.2 Å². The van der Waals surface area contributed by atoms with E-state index in [2.05, 4.69) is 20.4 Å². The summed E-state index contributed by atoms with van der Waals surface area (Å²) in [6, 6.07) is 9.72. The van der Waals surface area contributed by atoms with Gasteiger partial charge < -0.3 is 9.84 Å². The third kappa shape index (κ3) is 3.56. The van der Waals surface area contributed by atoms with Crippen LogP contribution in [0, 0.1) is 6.92 Å². The highest BCUT2D eigenvalue weighted by Gasteiger charge is 2.14. The van der Waals surface area contributed by atoms with Crippen molar-refractivity contribution in [2.75, 3.05) is 0 Å². The Morgan fingerprint density at radius 2 is 2.14 bits per heavy atom. The van der Waals surface area contributed by atoms with Crippen molar-refractivity contribution in [1.82, 2.24) is 20.4 Å². The SMILES string of the molecule is Cc1ncc(-c2nc(CC(=O)NCc3ccccc3)no2)s1. The molecule has 7 heteroatoms. The van der Waals surface area contributed by atoms with Crippen LogP contribution in [-0.2, 0) is 17.8 Å². The number of aromatic nitrogens is 3. The monoisotopic (exact) mass is 314 g/mol. The van der Waals surface area contributed by atoms with Crippen LogP contribution in [0.25, 0.3) is 10.8 Å². The summed E-state index contributed by atoms with van der Waals surface area (Å²) >= 11 is 1.47. The summed E-state index contributed by atoms with van der Waals surface area (Å²) < 4.78 is 5.16. The molecule has 0 fully saturated rings. The van der Waals surface area contributed by atoms with Crippen LogP contribution in [0.3, 0.4) is 0 Å². The number of thiazole rings is 1. The fourth-order valence-corrected chi connectivity index (χ4v) is 2.59. The largest absolute Gasteiger partial charge is 0.352 e.